The van der Waals surface area contributed by atoms with E-state index in [9.17, 15) is 8.42 Å². The van der Waals surface area contributed by atoms with Gasteiger partial charge in [0.2, 0.25) is 5.89 Å². The molecular formula is C13H22N2O3S. The van der Waals surface area contributed by atoms with Crippen molar-refractivity contribution in [3.05, 3.63) is 17.8 Å². The van der Waals surface area contributed by atoms with Crippen molar-refractivity contribution < 1.29 is 12.8 Å². The Morgan fingerprint density at radius 3 is 2.79 bits per heavy atom. The van der Waals surface area contributed by atoms with E-state index in [1.807, 2.05) is 0 Å². The minimum absolute atomic E-state index is 0.0223. The number of rotatable bonds is 3. The molecule has 1 aliphatic heterocycles. The Kier molecular flexibility index (Phi) is 4.01. The summed E-state index contributed by atoms with van der Waals surface area (Å²) in [5, 5.41) is 2.77. The molecule has 0 saturated carbocycles. The van der Waals surface area contributed by atoms with E-state index in [0.29, 0.717) is 24.6 Å². The molecular weight excluding hydrogens is 264 g/mol. The molecule has 6 heteroatoms. The van der Waals surface area contributed by atoms with Crippen LogP contribution < -0.4 is 5.32 Å². The smallest absolute Gasteiger partial charge is 0.208 e. The number of hydrogen-bond acceptors (Lipinski definition) is 5. The van der Waals surface area contributed by atoms with E-state index in [2.05, 4.69) is 31.1 Å². The summed E-state index contributed by atoms with van der Waals surface area (Å²) < 4.78 is 29.6. The molecule has 1 N–H and O–H groups in total. The first kappa shape index (κ1) is 14.5. The van der Waals surface area contributed by atoms with Crippen molar-refractivity contribution in [2.75, 3.05) is 5.75 Å². The van der Waals surface area contributed by atoms with Crippen LogP contribution in [0.2, 0.25) is 0 Å². The Balaban J connectivity index is 2.08. The fourth-order valence-electron chi connectivity index (χ4n) is 2.17. The highest BCUT2D eigenvalue weighted by Crippen LogP contribution is 2.33. The van der Waals surface area contributed by atoms with Crippen LogP contribution in [0.1, 0.15) is 56.9 Å². The summed E-state index contributed by atoms with van der Waals surface area (Å²) in [6.07, 6.45) is 3.89. The molecule has 0 radical (unpaired) electrons. The Morgan fingerprint density at radius 2 is 2.16 bits per heavy atom. The van der Waals surface area contributed by atoms with Crippen molar-refractivity contribution in [1.29, 1.82) is 0 Å². The third kappa shape index (κ3) is 3.79. The van der Waals surface area contributed by atoms with Gasteiger partial charge in [-0.2, -0.15) is 0 Å². The number of aromatic nitrogens is 1. The van der Waals surface area contributed by atoms with Gasteiger partial charge < -0.3 is 9.73 Å². The van der Waals surface area contributed by atoms with Crippen LogP contribution >= 0.6 is 0 Å². The average Bonchev–Trinajstić information content (AvgIpc) is 2.73. The first-order valence-electron chi connectivity index (χ1n) is 6.69. The van der Waals surface area contributed by atoms with Crippen LogP contribution in [0.3, 0.4) is 0 Å². The predicted octanol–water partition coefficient (Wildman–Crippen LogP) is 2.20. The summed E-state index contributed by atoms with van der Waals surface area (Å²) in [5.41, 5.74) is -0.0223. The lowest BCUT2D eigenvalue weighted by atomic mass is 10.1. The van der Waals surface area contributed by atoms with Crippen molar-refractivity contribution in [3.63, 3.8) is 0 Å². The van der Waals surface area contributed by atoms with Gasteiger partial charge in [-0.15, -0.1) is 0 Å². The lowest BCUT2D eigenvalue weighted by molar-refractivity contribution is 0.366. The van der Waals surface area contributed by atoms with Gasteiger partial charge in [0.1, 0.15) is 11.0 Å². The topological polar surface area (TPSA) is 72.2 Å². The Labute approximate surface area is 114 Å². The molecule has 1 atom stereocenters. The monoisotopic (exact) mass is 286 g/mol. The van der Waals surface area contributed by atoms with E-state index >= 15 is 0 Å². The van der Waals surface area contributed by atoms with E-state index in [1.165, 1.54) is 0 Å². The highest BCUT2D eigenvalue weighted by molar-refractivity contribution is 7.91. The quantitative estimate of drug-likeness (QED) is 0.922. The standard InChI is InChI=1S/C13H22N2O3S/c1-13(2,3)15-9-12-14-8-10(18-12)11-6-4-5-7-19(11,16)17/h8,11,15H,4-7,9H2,1-3H3. The summed E-state index contributed by atoms with van der Waals surface area (Å²) in [7, 11) is -3.06. The lowest BCUT2D eigenvalue weighted by Crippen LogP contribution is -2.35. The van der Waals surface area contributed by atoms with Crippen LogP contribution in [0.5, 0.6) is 0 Å². The van der Waals surface area contributed by atoms with Crippen molar-refractivity contribution in [1.82, 2.24) is 10.3 Å². The largest absolute Gasteiger partial charge is 0.443 e. The van der Waals surface area contributed by atoms with Crippen molar-refractivity contribution in [2.45, 2.75) is 57.4 Å². The molecule has 2 heterocycles. The zero-order valence-electron chi connectivity index (χ0n) is 11.8. The van der Waals surface area contributed by atoms with Crippen molar-refractivity contribution >= 4 is 9.84 Å². The van der Waals surface area contributed by atoms with Gasteiger partial charge in [-0.3, -0.25) is 0 Å². The summed E-state index contributed by atoms with van der Waals surface area (Å²) in [4.78, 5) is 4.17. The maximum Gasteiger partial charge on any atom is 0.208 e. The average molecular weight is 286 g/mol. The van der Waals surface area contributed by atoms with Crippen LogP contribution in [0.4, 0.5) is 0 Å². The normalized spacial score (nSPS) is 23.4. The molecule has 0 aliphatic carbocycles. The van der Waals surface area contributed by atoms with Gasteiger partial charge in [0.25, 0.3) is 0 Å². The molecule has 1 aliphatic rings. The molecule has 108 valence electrons. The molecule has 2 rings (SSSR count). The molecule has 1 fully saturated rings. The van der Waals surface area contributed by atoms with Gasteiger partial charge in [-0.1, -0.05) is 6.42 Å². The Hall–Kier alpha value is -0.880. The van der Waals surface area contributed by atoms with Crippen LogP contribution in [-0.2, 0) is 16.4 Å². The third-order valence-corrected chi connectivity index (χ3v) is 5.43. The van der Waals surface area contributed by atoms with Crippen molar-refractivity contribution in [2.24, 2.45) is 0 Å². The Bertz CT molecular complexity index is 528. The lowest BCUT2D eigenvalue weighted by Gasteiger charge is -2.20. The summed E-state index contributed by atoms with van der Waals surface area (Å²) in [6.45, 7) is 6.68. The summed E-state index contributed by atoms with van der Waals surface area (Å²) in [6, 6.07) is 0. The number of hydrogen-bond donors (Lipinski definition) is 1. The highest BCUT2D eigenvalue weighted by Gasteiger charge is 2.33. The molecule has 1 saturated heterocycles. The molecule has 19 heavy (non-hydrogen) atoms. The highest BCUT2D eigenvalue weighted by atomic mass is 32.2. The minimum Gasteiger partial charge on any atom is -0.443 e. The zero-order chi connectivity index (χ0) is 14.1. The third-order valence-electron chi connectivity index (χ3n) is 3.24. The molecule has 0 amide bonds. The fraction of sp³-hybridized carbons (Fsp3) is 0.769. The maximum absolute atomic E-state index is 12.0. The van der Waals surface area contributed by atoms with Gasteiger partial charge in [-0.05, 0) is 33.6 Å². The zero-order valence-corrected chi connectivity index (χ0v) is 12.6. The van der Waals surface area contributed by atoms with Gasteiger partial charge in [0.15, 0.2) is 9.84 Å². The number of nitrogens with zero attached hydrogens (tertiary/aromatic N) is 1. The molecule has 5 nitrogen and oxygen atoms in total. The fourth-order valence-corrected chi connectivity index (χ4v) is 4.05. The van der Waals surface area contributed by atoms with Crippen LogP contribution in [0.15, 0.2) is 10.6 Å². The molecule has 1 aromatic heterocycles. The van der Waals surface area contributed by atoms with E-state index in [0.717, 1.165) is 12.8 Å². The van der Waals surface area contributed by atoms with E-state index in [1.54, 1.807) is 6.20 Å². The number of sulfone groups is 1. The first-order chi connectivity index (χ1) is 8.78. The molecule has 1 aromatic rings. The van der Waals surface area contributed by atoms with Gasteiger partial charge in [-0.25, -0.2) is 13.4 Å². The SMILES string of the molecule is CC(C)(C)NCc1ncc(C2CCCCS2(=O)=O)o1. The van der Waals surface area contributed by atoms with Crippen molar-refractivity contribution in [3.8, 4) is 0 Å². The number of nitrogens with one attached hydrogen (secondary N) is 1. The molecule has 1 unspecified atom stereocenters. The maximum atomic E-state index is 12.0. The second kappa shape index (κ2) is 5.25. The van der Waals surface area contributed by atoms with Crippen LogP contribution in [0, 0.1) is 0 Å². The Morgan fingerprint density at radius 1 is 1.42 bits per heavy atom. The summed E-state index contributed by atoms with van der Waals surface area (Å²) >= 11 is 0. The first-order valence-corrected chi connectivity index (χ1v) is 8.41. The van der Waals surface area contributed by atoms with E-state index in [-0.39, 0.29) is 11.3 Å². The van der Waals surface area contributed by atoms with E-state index in [4.69, 9.17) is 4.42 Å². The minimum atomic E-state index is -3.06. The van der Waals surface area contributed by atoms with E-state index < -0.39 is 15.1 Å². The van der Waals surface area contributed by atoms with Crippen LogP contribution in [0.25, 0.3) is 0 Å². The van der Waals surface area contributed by atoms with Gasteiger partial charge in [0, 0.05) is 5.54 Å². The van der Waals surface area contributed by atoms with Gasteiger partial charge in [0.05, 0.1) is 18.5 Å². The second-order valence-corrected chi connectivity index (χ2v) is 8.41. The summed E-state index contributed by atoms with van der Waals surface area (Å²) in [5.74, 6) is 1.30. The second-order valence-electron chi connectivity index (χ2n) is 6.11. The molecule has 0 aromatic carbocycles. The molecule has 0 spiro atoms. The van der Waals surface area contributed by atoms with Crippen LogP contribution in [-0.4, -0.2) is 24.7 Å². The van der Waals surface area contributed by atoms with Gasteiger partial charge >= 0.3 is 0 Å². The molecule has 0 bridgehead atoms. The predicted molar refractivity (Wildman–Crippen MR) is 73.5 cm³/mol. The number of oxazole rings is 1.